The monoisotopic (exact) mass is 318 g/mol. The number of rotatable bonds is 2. The highest BCUT2D eigenvalue weighted by atomic mass is 16.5. The Morgan fingerprint density at radius 2 is 2.22 bits per heavy atom. The molecule has 1 aromatic heterocycles. The zero-order valence-corrected chi connectivity index (χ0v) is 13.4. The maximum absolute atomic E-state index is 13.0. The molecule has 4 rings (SSSR count). The minimum absolute atomic E-state index is 0.0175. The maximum Gasteiger partial charge on any atom is 0.235 e. The molecule has 0 bridgehead atoms. The van der Waals surface area contributed by atoms with Gasteiger partial charge in [-0.05, 0) is 19.3 Å². The predicted molar refractivity (Wildman–Crippen MR) is 82.7 cm³/mol. The lowest BCUT2D eigenvalue weighted by molar-refractivity contribution is -0.135. The first kappa shape index (κ1) is 14.7. The fraction of sp³-hybridized carbons (Fsp3) is 0.688. The number of aromatic nitrogens is 2. The summed E-state index contributed by atoms with van der Waals surface area (Å²) in [6, 6.07) is 0. The van der Waals surface area contributed by atoms with Gasteiger partial charge in [-0.2, -0.15) is 5.10 Å². The molecule has 0 N–H and O–H groups in total. The largest absolute Gasteiger partial charge is 0.381 e. The molecule has 0 radical (unpaired) electrons. The highest BCUT2D eigenvalue weighted by Crippen LogP contribution is 2.42. The van der Waals surface area contributed by atoms with Crippen LogP contribution in [0.1, 0.15) is 19.3 Å². The van der Waals surface area contributed by atoms with Gasteiger partial charge in [0.25, 0.3) is 0 Å². The third-order valence-corrected chi connectivity index (χ3v) is 5.46. The Morgan fingerprint density at radius 1 is 1.39 bits per heavy atom. The van der Waals surface area contributed by atoms with E-state index in [9.17, 15) is 9.59 Å². The molecule has 3 aliphatic heterocycles. The van der Waals surface area contributed by atoms with Crippen LogP contribution in [0, 0.1) is 11.3 Å². The van der Waals surface area contributed by atoms with Gasteiger partial charge >= 0.3 is 0 Å². The summed E-state index contributed by atoms with van der Waals surface area (Å²) in [6.45, 7) is 3.14. The maximum atomic E-state index is 13.0. The Labute approximate surface area is 135 Å². The SMILES string of the molecule is Cn1cc(N2CC[C@]3(CCN(C(=O)[C@H]4CCOC4)C3)C2=O)cn1. The van der Waals surface area contributed by atoms with E-state index in [0.29, 0.717) is 32.8 Å². The first-order chi connectivity index (χ1) is 11.1. The Balaban J connectivity index is 1.47. The zero-order chi connectivity index (χ0) is 16.0. The molecule has 0 aromatic carbocycles. The Bertz CT molecular complexity index is 637. The third-order valence-electron chi connectivity index (χ3n) is 5.46. The van der Waals surface area contributed by atoms with Gasteiger partial charge < -0.3 is 14.5 Å². The highest BCUT2D eigenvalue weighted by molar-refractivity contribution is 6.00. The summed E-state index contributed by atoms with van der Waals surface area (Å²) in [6.07, 6.45) is 5.97. The summed E-state index contributed by atoms with van der Waals surface area (Å²) >= 11 is 0. The average Bonchev–Trinajstić information content (AvgIpc) is 3.30. The second-order valence-electron chi connectivity index (χ2n) is 6.93. The van der Waals surface area contributed by atoms with Crippen molar-refractivity contribution >= 4 is 17.5 Å². The van der Waals surface area contributed by atoms with Crippen molar-refractivity contribution in [2.45, 2.75) is 19.3 Å². The Hall–Kier alpha value is -1.89. The molecule has 3 aliphatic rings. The number of amides is 2. The molecule has 7 nitrogen and oxygen atoms in total. The van der Waals surface area contributed by atoms with E-state index in [1.807, 2.05) is 23.0 Å². The van der Waals surface area contributed by atoms with Gasteiger partial charge in [0, 0.05) is 39.5 Å². The minimum atomic E-state index is -0.398. The average molecular weight is 318 g/mol. The van der Waals surface area contributed by atoms with Crippen LogP contribution in [0.2, 0.25) is 0 Å². The fourth-order valence-electron chi connectivity index (χ4n) is 4.04. The van der Waals surface area contributed by atoms with Crippen LogP contribution in [0.5, 0.6) is 0 Å². The number of carbonyl (C=O) groups is 2. The van der Waals surface area contributed by atoms with Crippen LogP contribution in [0.4, 0.5) is 5.69 Å². The summed E-state index contributed by atoms with van der Waals surface area (Å²) in [5, 5.41) is 4.15. The lowest BCUT2D eigenvalue weighted by Crippen LogP contribution is -2.40. The van der Waals surface area contributed by atoms with Gasteiger partial charge in [-0.1, -0.05) is 0 Å². The van der Waals surface area contributed by atoms with Crippen LogP contribution in [0.3, 0.4) is 0 Å². The summed E-state index contributed by atoms with van der Waals surface area (Å²) < 4.78 is 7.03. The van der Waals surface area contributed by atoms with E-state index >= 15 is 0 Å². The van der Waals surface area contributed by atoms with E-state index < -0.39 is 5.41 Å². The van der Waals surface area contributed by atoms with E-state index in [2.05, 4.69) is 5.10 Å². The molecule has 0 saturated carbocycles. The molecular weight excluding hydrogens is 296 g/mol. The van der Waals surface area contributed by atoms with Gasteiger partial charge in [0.05, 0.1) is 29.8 Å². The van der Waals surface area contributed by atoms with Crippen LogP contribution in [-0.2, 0) is 21.4 Å². The van der Waals surface area contributed by atoms with Gasteiger partial charge in [0.1, 0.15) is 0 Å². The topological polar surface area (TPSA) is 67.7 Å². The molecule has 4 heterocycles. The standard InChI is InChI=1S/C16H22N4O3/c1-18-9-13(8-17-18)20-6-4-16(15(20)22)3-5-19(11-16)14(21)12-2-7-23-10-12/h8-9,12H,2-7,10-11H2,1H3/t12-,16-/m0/s1. The quantitative estimate of drug-likeness (QED) is 0.792. The summed E-state index contributed by atoms with van der Waals surface area (Å²) in [4.78, 5) is 29.2. The van der Waals surface area contributed by atoms with Crippen molar-refractivity contribution < 1.29 is 14.3 Å². The number of likely N-dealkylation sites (tertiary alicyclic amines) is 1. The summed E-state index contributed by atoms with van der Waals surface area (Å²) in [5.41, 5.74) is 0.452. The fourth-order valence-corrected chi connectivity index (χ4v) is 4.04. The highest BCUT2D eigenvalue weighted by Gasteiger charge is 2.52. The van der Waals surface area contributed by atoms with Crippen molar-refractivity contribution in [3.05, 3.63) is 12.4 Å². The van der Waals surface area contributed by atoms with Crippen LogP contribution in [-0.4, -0.2) is 59.3 Å². The second-order valence-corrected chi connectivity index (χ2v) is 6.93. The molecule has 0 aliphatic carbocycles. The van der Waals surface area contributed by atoms with Crippen molar-refractivity contribution in [3.63, 3.8) is 0 Å². The third kappa shape index (κ3) is 2.34. The van der Waals surface area contributed by atoms with E-state index in [0.717, 1.165) is 24.9 Å². The molecule has 3 saturated heterocycles. The second kappa shape index (κ2) is 5.33. The number of hydrogen-bond acceptors (Lipinski definition) is 4. The Morgan fingerprint density at radius 3 is 2.91 bits per heavy atom. The van der Waals surface area contributed by atoms with Crippen molar-refractivity contribution in [3.8, 4) is 0 Å². The molecular formula is C16H22N4O3. The van der Waals surface area contributed by atoms with Crippen LogP contribution >= 0.6 is 0 Å². The molecule has 124 valence electrons. The van der Waals surface area contributed by atoms with Crippen LogP contribution in [0.15, 0.2) is 12.4 Å². The molecule has 1 aromatic rings. The number of anilines is 1. The van der Waals surface area contributed by atoms with Gasteiger partial charge in [-0.3, -0.25) is 14.3 Å². The Kier molecular flexibility index (Phi) is 3.41. The summed E-state index contributed by atoms with van der Waals surface area (Å²) in [7, 11) is 1.85. The normalized spacial score (nSPS) is 30.8. The van der Waals surface area contributed by atoms with Crippen LogP contribution in [0.25, 0.3) is 0 Å². The molecule has 2 amide bonds. The number of hydrogen-bond donors (Lipinski definition) is 0. The smallest absolute Gasteiger partial charge is 0.235 e. The van der Waals surface area contributed by atoms with Gasteiger partial charge in [-0.15, -0.1) is 0 Å². The molecule has 23 heavy (non-hydrogen) atoms. The molecule has 0 unspecified atom stereocenters. The summed E-state index contributed by atoms with van der Waals surface area (Å²) in [5.74, 6) is 0.284. The molecule has 3 fully saturated rings. The molecule has 1 spiro atoms. The van der Waals surface area contributed by atoms with E-state index in [-0.39, 0.29) is 17.7 Å². The number of nitrogens with zero attached hydrogens (tertiary/aromatic N) is 4. The number of carbonyl (C=O) groups excluding carboxylic acids is 2. The van der Waals surface area contributed by atoms with Gasteiger partial charge in [0.2, 0.25) is 11.8 Å². The zero-order valence-electron chi connectivity index (χ0n) is 13.4. The van der Waals surface area contributed by atoms with E-state index in [1.54, 1.807) is 10.9 Å². The molecule has 2 atom stereocenters. The first-order valence-electron chi connectivity index (χ1n) is 8.26. The van der Waals surface area contributed by atoms with Crippen molar-refractivity contribution in [2.24, 2.45) is 18.4 Å². The van der Waals surface area contributed by atoms with Gasteiger partial charge in [0.15, 0.2) is 0 Å². The van der Waals surface area contributed by atoms with Crippen molar-refractivity contribution in [1.82, 2.24) is 14.7 Å². The number of ether oxygens (including phenoxy) is 1. The number of aryl methyl sites for hydroxylation is 1. The van der Waals surface area contributed by atoms with Crippen molar-refractivity contribution in [2.75, 3.05) is 37.7 Å². The van der Waals surface area contributed by atoms with E-state index in [4.69, 9.17) is 4.74 Å². The van der Waals surface area contributed by atoms with Gasteiger partial charge in [-0.25, -0.2) is 0 Å². The lowest BCUT2D eigenvalue weighted by atomic mass is 9.85. The van der Waals surface area contributed by atoms with Crippen LogP contribution < -0.4 is 4.90 Å². The molecule has 7 heteroatoms. The minimum Gasteiger partial charge on any atom is -0.381 e. The predicted octanol–water partition coefficient (Wildman–Crippen LogP) is 0.412. The van der Waals surface area contributed by atoms with Crippen molar-refractivity contribution in [1.29, 1.82) is 0 Å². The first-order valence-corrected chi connectivity index (χ1v) is 8.26. The lowest BCUT2D eigenvalue weighted by Gasteiger charge is -2.24. The van der Waals surface area contributed by atoms with E-state index in [1.165, 1.54) is 0 Å².